The summed E-state index contributed by atoms with van der Waals surface area (Å²) in [6.07, 6.45) is -3.16. The zero-order valence-electron chi connectivity index (χ0n) is 47.5. The first-order valence-electron chi connectivity index (χ1n) is 25.5. The van der Waals surface area contributed by atoms with E-state index in [1.165, 1.54) is 45.0 Å². The van der Waals surface area contributed by atoms with E-state index >= 15 is 0 Å². The number of H-pyrrole nitrogens is 1. The van der Waals surface area contributed by atoms with E-state index in [4.69, 9.17) is 33.5 Å². The lowest BCUT2D eigenvalue weighted by Gasteiger charge is -2.31. The first kappa shape index (κ1) is 64.1. The maximum Gasteiger partial charge on any atom is 0.412 e. The van der Waals surface area contributed by atoms with Crippen molar-refractivity contribution in [2.45, 2.75) is 161 Å². The molecule has 5 heterocycles. The van der Waals surface area contributed by atoms with Crippen LogP contribution in [0.4, 0.5) is 25.8 Å². The van der Waals surface area contributed by atoms with E-state index in [-0.39, 0.29) is 30.8 Å². The van der Waals surface area contributed by atoms with Gasteiger partial charge >= 0.3 is 54.1 Å². The average Bonchev–Trinajstić information content (AvgIpc) is 4.11. The smallest absolute Gasteiger partial charge is 0.412 e. The third kappa shape index (κ3) is 15.2. The fraction of sp³-hybridized carbons (Fsp3) is 0.473. The quantitative estimate of drug-likeness (QED) is 0.0561. The molecule has 4 aliphatic heterocycles. The number of amides is 3. The van der Waals surface area contributed by atoms with Crippen LogP contribution in [-0.4, -0.2) is 154 Å². The standard InChI is InChI=1S/2C18H22N2O7.C18H22N2O6.CH4O/c2*1-9(21)26-10-5-6-11-12(7-10)19-15-18(11,25)8-13(14(22)23)20(15)16(24)27-17(2,3)4;1-10(21)25-12-5-6-13-11(9-19-14(13)8-12)7-15(16(22)23)20-17(24)26-18(2,3)4;1-2/h2*5-7,13,15,19,25H,8H2,1-4H3,(H,22,23);5-6,8-9,15,19H,7H2,1-4H3,(H,20,24)(H,22,23);2H,1H3/t13-,15+,18-;13-,15-,18+;15-;/m000./s1. The lowest BCUT2D eigenvalue weighted by atomic mass is 9.91. The fourth-order valence-corrected chi connectivity index (χ4v) is 9.46. The van der Waals surface area contributed by atoms with Crippen LogP contribution in [0.2, 0.25) is 0 Å². The number of alkyl carbamates (subject to hydrolysis) is 1. The second-order valence-electron chi connectivity index (χ2n) is 22.3. The lowest BCUT2D eigenvalue weighted by molar-refractivity contribution is -0.143. The van der Waals surface area contributed by atoms with Crippen LogP contribution < -0.4 is 30.2 Å². The molecule has 0 unspecified atom stereocenters. The van der Waals surface area contributed by atoms with Crippen molar-refractivity contribution in [3.8, 4) is 17.2 Å². The average molecular weight is 1150 g/mol. The summed E-state index contributed by atoms with van der Waals surface area (Å²) in [5.74, 6) is -4.11. The number of aromatic nitrogens is 1. The molecule has 3 amide bonds. The van der Waals surface area contributed by atoms with Crippen molar-refractivity contribution in [2.24, 2.45) is 0 Å². The summed E-state index contributed by atoms with van der Waals surface area (Å²) >= 11 is 0. The predicted octanol–water partition coefficient (Wildman–Crippen LogP) is 5.51. The van der Waals surface area contributed by atoms with Gasteiger partial charge in [0.15, 0.2) is 0 Å². The maximum absolute atomic E-state index is 12.6. The number of carboxylic acids is 3. The van der Waals surface area contributed by atoms with Crippen molar-refractivity contribution < 1.29 is 102 Å². The molecule has 0 radical (unpaired) electrons. The van der Waals surface area contributed by atoms with Gasteiger partial charge in [0, 0.05) is 105 Å². The number of carbonyl (C=O) groups excluding carboxylic acids is 6. The van der Waals surface area contributed by atoms with Crippen LogP contribution in [0.5, 0.6) is 17.2 Å². The van der Waals surface area contributed by atoms with Gasteiger partial charge in [-0.3, -0.25) is 24.2 Å². The van der Waals surface area contributed by atoms with Gasteiger partial charge < -0.3 is 80.0 Å². The predicted molar refractivity (Wildman–Crippen MR) is 289 cm³/mol. The SMILES string of the molecule is CC(=O)Oc1ccc2c(C[C@H](NC(=O)OC(C)(C)C)C(=O)O)c[nH]c2c1.CC(=O)Oc1ccc2c(c1)N[C@@H]1N(C(=O)OC(C)(C)C)[C@H](C(=O)O)C[C@]21O.CC(=O)Oc1ccc2c(c1)N[C@H]1N(C(=O)OC(C)(C)C)[C@H](C(=O)O)C[C@@]21O.CO. The number of likely N-dealkylation sites (tertiary alicyclic amines) is 2. The Labute approximate surface area is 470 Å². The zero-order valence-corrected chi connectivity index (χ0v) is 47.5. The summed E-state index contributed by atoms with van der Waals surface area (Å²) in [5.41, 5.74) is -2.41. The molecule has 0 aliphatic carbocycles. The van der Waals surface area contributed by atoms with Crippen LogP contribution in [0, 0.1) is 0 Å². The monoisotopic (exact) mass is 1150 g/mol. The normalized spacial score (nSPS) is 21.2. The van der Waals surface area contributed by atoms with Crippen LogP contribution in [-0.2, 0) is 60.6 Å². The van der Waals surface area contributed by atoms with Gasteiger partial charge in [0.25, 0.3) is 0 Å². The number of hydrogen-bond acceptors (Lipinski definition) is 20. The zero-order chi connectivity index (χ0) is 61.8. The molecule has 10 N–H and O–H groups in total. The molecule has 446 valence electrons. The van der Waals surface area contributed by atoms with Gasteiger partial charge in [-0.25, -0.2) is 28.8 Å². The lowest BCUT2D eigenvalue weighted by Crippen LogP contribution is -2.51. The highest BCUT2D eigenvalue weighted by atomic mass is 16.6. The molecule has 3 aromatic carbocycles. The van der Waals surface area contributed by atoms with Gasteiger partial charge in [-0.2, -0.15) is 0 Å². The summed E-state index contributed by atoms with van der Waals surface area (Å²) in [5, 5.41) is 67.0. The van der Waals surface area contributed by atoms with Crippen molar-refractivity contribution in [2.75, 3.05) is 17.7 Å². The van der Waals surface area contributed by atoms with Crippen molar-refractivity contribution in [3.63, 3.8) is 0 Å². The van der Waals surface area contributed by atoms with Gasteiger partial charge in [-0.15, -0.1) is 0 Å². The highest BCUT2D eigenvalue weighted by molar-refractivity contribution is 5.88. The Hall–Kier alpha value is -8.69. The van der Waals surface area contributed by atoms with Crippen LogP contribution in [0.25, 0.3) is 10.9 Å². The molecule has 2 saturated heterocycles. The number of aliphatic carboxylic acids is 3. The van der Waals surface area contributed by atoms with E-state index < -0.39 is 113 Å². The number of fused-ring (bicyclic) bond motifs is 7. The van der Waals surface area contributed by atoms with Crippen molar-refractivity contribution in [1.82, 2.24) is 20.1 Å². The van der Waals surface area contributed by atoms with Crippen molar-refractivity contribution in [1.29, 1.82) is 0 Å². The number of benzene rings is 3. The Kier molecular flexibility index (Phi) is 19.2. The first-order chi connectivity index (χ1) is 37.9. The minimum atomic E-state index is -1.61. The van der Waals surface area contributed by atoms with Gasteiger partial charge in [-0.1, -0.05) is 12.1 Å². The number of hydrogen-bond donors (Lipinski definition) is 10. The summed E-state index contributed by atoms with van der Waals surface area (Å²) in [6, 6.07) is 10.5. The first-order valence-corrected chi connectivity index (χ1v) is 25.5. The molecule has 0 bridgehead atoms. The number of carboxylic acid groups (broad SMARTS) is 3. The van der Waals surface area contributed by atoms with E-state index in [9.17, 15) is 68.7 Å². The van der Waals surface area contributed by atoms with E-state index in [2.05, 4.69) is 20.9 Å². The molecule has 82 heavy (non-hydrogen) atoms. The molecular weight excluding hydrogens is 1080 g/mol. The number of aliphatic hydroxyl groups excluding tert-OH is 1. The fourth-order valence-electron chi connectivity index (χ4n) is 9.46. The Morgan fingerprint density at radius 2 is 0.976 bits per heavy atom. The van der Waals surface area contributed by atoms with Gasteiger partial charge in [0.05, 0.1) is 0 Å². The molecule has 4 aliphatic rings. The summed E-state index contributed by atoms with van der Waals surface area (Å²) in [4.78, 5) is 110. The third-order valence-electron chi connectivity index (χ3n) is 12.4. The second kappa shape index (κ2) is 24.6. The van der Waals surface area contributed by atoms with Crippen molar-refractivity contribution >= 4 is 76.4 Å². The van der Waals surface area contributed by atoms with Crippen molar-refractivity contribution in [3.05, 3.63) is 77.5 Å². The molecule has 0 saturated carbocycles. The van der Waals surface area contributed by atoms with E-state index in [0.29, 0.717) is 39.3 Å². The maximum atomic E-state index is 12.6. The molecule has 27 nitrogen and oxygen atoms in total. The van der Waals surface area contributed by atoms with Crippen LogP contribution in [0.1, 0.15) is 113 Å². The summed E-state index contributed by atoms with van der Waals surface area (Å²) in [7, 11) is 1.00. The molecule has 1 aromatic heterocycles. The number of esters is 3. The largest absolute Gasteiger partial charge is 0.480 e. The molecule has 8 rings (SSSR count). The number of aliphatic hydroxyl groups is 3. The number of nitrogens with one attached hydrogen (secondary N) is 4. The van der Waals surface area contributed by atoms with E-state index in [1.54, 1.807) is 98.8 Å². The number of ether oxygens (including phenoxy) is 6. The Morgan fingerprint density at radius 3 is 1.33 bits per heavy atom. The number of nitrogens with zero attached hydrogens (tertiary/aromatic N) is 2. The highest BCUT2D eigenvalue weighted by Crippen LogP contribution is 2.52. The summed E-state index contributed by atoms with van der Waals surface area (Å²) < 4.78 is 30.9. The van der Waals surface area contributed by atoms with Gasteiger partial charge in [0.2, 0.25) is 0 Å². The molecule has 4 aromatic rings. The van der Waals surface area contributed by atoms with Gasteiger partial charge in [0.1, 0.15) is 75.7 Å². The number of carbonyl (C=O) groups is 9. The topological polar surface area (TPSA) is 389 Å². The minimum absolute atomic E-state index is 0.0709. The summed E-state index contributed by atoms with van der Waals surface area (Å²) in [6.45, 7) is 19.0. The molecular formula is C55H70N6O21. The second-order valence-corrected chi connectivity index (χ2v) is 22.3. The van der Waals surface area contributed by atoms with E-state index in [1.807, 2.05) is 0 Å². The van der Waals surface area contributed by atoms with Crippen LogP contribution >= 0.6 is 0 Å². The van der Waals surface area contributed by atoms with Crippen LogP contribution in [0.15, 0.2) is 60.8 Å². The molecule has 0 spiro atoms. The minimum Gasteiger partial charge on any atom is -0.480 e. The van der Waals surface area contributed by atoms with Gasteiger partial charge in [-0.05, 0) is 92.1 Å². The third-order valence-corrected chi connectivity index (χ3v) is 12.4. The van der Waals surface area contributed by atoms with E-state index in [0.717, 1.165) is 22.3 Å². The number of rotatable bonds is 9. The molecule has 2 fully saturated rings. The molecule has 7 atom stereocenters. The number of aromatic amines is 1. The molecule has 27 heteroatoms. The Morgan fingerprint density at radius 1 is 0.598 bits per heavy atom. The Bertz CT molecular complexity index is 2990. The Balaban J connectivity index is 0.000000222. The van der Waals surface area contributed by atoms with Crippen LogP contribution in [0.3, 0.4) is 0 Å². The highest BCUT2D eigenvalue weighted by Gasteiger charge is 2.63. The number of anilines is 2.